The Balaban J connectivity index is 1.57. The van der Waals surface area contributed by atoms with Gasteiger partial charge >= 0.3 is 0 Å². The normalized spacial score (nSPS) is 10.6. The van der Waals surface area contributed by atoms with Gasteiger partial charge in [0.1, 0.15) is 0 Å². The van der Waals surface area contributed by atoms with E-state index in [1.807, 2.05) is 30.3 Å². The van der Waals surface area contributed by atoms with Crippen molar-refractivity contribution < 1.29 is 23.4 Å². The van der Waals surface area contributed by atoms with Gasteiger partial charge < -0.3 is 19.3 Å². The Morgan fingerprint density at radius 3 is 2.45 bits per heavy atom. The van der Waals surface area contributed by atoms with Gasteiger partial charge in [-0.05, 0) is 28.5 Å². The van der Waals surface area contributed by atoms with Crippen LogP contribution in [0.25, 0.3) is 22.6 Å². The molecule has 0 saturated carbocycles. The fourth-order valence-corrected chi connectivity index (χ4v) is 2.74. The molecule has 4 aromatic rings. The minimum atomic E-state index is -0.506. The third-order valence-corrected chi connectivity index (χ3v) is 4.18. The Labute approximate surface area is 165 Å². The van der Waals surface area contributed by atoms with E-state index in [0.29, 0.717) is 28.5 Å². The van der Waals surface area contributed by atoms with Crippen LogP contribution >= 0.6 is 0 Å². The van der Waals surface area contributed by atoms with Crippen LogP contribution in [0.15, 0.2) is 63.7 Å². The van der Waals surface area contributed by atoms with E-state index in [1.165, 1.54) is 7.11 Å². The highest BCUT2D eigenvalue weighted by molar-refractivity contribution is 6.04. The summed E-state index contributed by atoms with van der Waals surface area (Å²) in [5.41, 5.74) is 1.88. The largest absolute Gasteiger partial charge is 0.493 e. The summed E-state index contributed by atoms with van der Waals surface area (Å²) < 4.78 is 20.6. The SMILES string of the molecule is COc1ccc(-c2nonc2NC(=O)c2cc(-c3ccccc3)on2)cc1OC. The lowest BCUT2D eigenvalue weighted by molar-refractivity contribution is 0.101. The van der Waals surface area contributed by atoms with E-state index in [0.717, 1.165) is 5.56 Å². The van der Waals surface area contributed by atoms with Gasteiger partial charge in [0.25, 0.3) is 5.91 Å². The Kier molecular flexibility index (Phi) is 4.93. The first kappa shape index (κ1) is 18.2. The zero-order valence-electron chi connectivity index (χ0n) is 15.6. The first-order chi connectivity index (χ1) is 14.2. The van der Waals surface area contributed by atoms with Crippen molar-refractivity contribution in [3.8, 4) is 34.1 Å². The van der Waals surface area contributed by atoms with Crippen molar-refractivity contribution in [2.24, 2.45) is 0 Å². The molecular formula is C20H16N4O5. The maximum Gasteiger partial charge on any atom is 0.279 e. The monoisotopic (exact) mass is 392 g/mol. The second kappa shape index (κ2) is 7.85. The highest BCUT2D eigenvalue weighted by Gasteiger charge is 2.20. The van der Waals surface area contributed by atoms with Crippen molar-refractivity contribution in [1.82, 2.24) is 15.5 Å². The van der Waals surface area contributed by atoms with Crippen molar-refractivity contribution in [2.75, 3.05) is 19.5 Å². The predicted octanol–water partition coefficient (Wildman–Crippen LogP) is 3.66. The minimum absolute atomic E-state index is 0.102. The van der Waals surface area contributed by atoms with E-state index in [9.17, 15) is 4.79 Å². The number of hydrogen-bond donors (Lipinski definition) is 1. The number of nitrogens with zero attached hydrogens (tertiary/aromatic N) is 3. The van der Waals surface area contributed by atoms with Gasteiger partial charge in [0.15, 0.2) is 28.6 Å². The highest BCUT2D eigenvalue weighted by atomic mass is 16.6. The molecule has 9 nitrogen and oxygen atoms in total. The molecule has 0 saturated heterocycles. The maximum absolute atomic E-state index is 12.6. The second-order valence-electron chi connectivity index (χ2n) is 5.93. The molecule has 4 rings (SSSR count). The zero-order valence-corrected chi connectivity index (χ0v) is 15.6. The Morgan fingerprint density at radius 2 is 1.69 bits per heavy atom. The third kappa shape index (κ3) is 3.65. The summed E-state index contributed by atoms with van der Waals surface area (Å²) in [5, 5.41) is 14.1. The molecule has 29 heavy (non-hydrogen) atoms. The van der Waals surface area contributed by atoms with Crippen LogP contribution in [-0.2, 0) is 0 Å². The molecule has 0 bridgehead atoms. The summed E-state index contributed by atoms with van der Waals surface area (Å²) >= 11 is 0. The van der Waals surface area contributed by atoms with Crippen LogP contribution in [0.3, 0.4) is 0 Å². The molecule has 9 heteroatoms. The lowest BCUT2D eigenvalue weighted by Crippen LogP contribution is -2.13. The van der Waals surface area contributed by atoms with E-state index in [-0.39, 0.29) is 11.5 Å². The van der Waals surface area contributed by atoms with Crippen molar-refractivity contribution in [3.63, 3.8) is 0 Å². The van der Waals surface area contributed by atoms with Crippen molar-refractivity contribution >= 4 is 11.7 Å². The van der Waals surface area contributed by atoms with E-state index in [4.69, 9.17) is 18.6 Å². The molecule has 0 radical (unpaired) electrons. The molecule has 0 aliphatic heterocycles. The Morgan fingerprint density at radius 1 is 0.897 bits per heavy atom. The van der Waals surface area contributed by atoms with Gasteiger partial charge in [0, 0.05) is 17.2 Å². The number of ether oxygens (including phenoxy) is 2. The number of benzene rings is 2. The molecule has 0 spiro atoms. The van der Waals surface area contributed by atoms with Crippen LogP contribution in [0.1, 0.15) is 10.5 Å². The lowest BCUT2D eigenvalue weighted by Gasteiger charge is -2.08. The molecule has 0 aliphatic rings. The molecule has 0 unspecified atom stereocenters. The Bertz CT molecular complexity index is 1140. The van der Waals surface area contributed by atoms with Crippen LogP contribution in [0.2, 0.25) is 0 Å². The van der Waals surface area contributed by atoms with Gasteiger partial charge in [-0.2, -0.15) is 0 Å². The van der Waals surface area contributed by atoms with Gasteiger partial charge in [0.2, 0.25) is 5.82 Å². The minimum Gasteiger partial charge on any atom is -0.493 e. The third-order valence-electron chi connectivity index (χ3n) is 4.18. The highest BCUT2D eigenvalue weighted by Crippen LogP contribution is 2.34. The number of nitrogens with one attached hydrogen (secondary N) is 1. The van der Waals surface area contributed by atoms with Gasteiger partial charge in [-0.3, -0.25) is 4.79 Å². The molecule has 0 atom stereocenters. The summed E-state index contributed by atoms with van der Waals surface area (Å²) in [4.78, 5) is 12.6. The fourth-order valence-electron chi connectivity index (χ4n) is 2.74. The molecule has 2 heterocycles. The lowest BCUT2D eigenvalue weighted by atomic mass is 10.1. The number of amides is 1. The Hall–Kier alpha value is -4.14. The van der Waals surface area contributed by atoms with Gasteiger partial charge in [0.05, 0.1) is 14.2 Å². The van der Waals surface area contributed by atoms with Crippen LogP contribution < -0.4 is 14.8 Å². The number of anilines is 1. The summed E-state index contributed by atoms with van der Waals surface area (Å²) in [6, 6.07) is 16.1. The summed E-state index contributed by atoms with van der Waals surface area (Å²) in [6.45, 7) is 0. The first-order valence-electron chi connectivity index (χ1n) is 8.58. The number of hydrogen-bond acceptors (Lipinski definition) is 8. The second-order valence-corrected chi connectivity index (χ2v) is 5.93. The van der Waals surface area contributed by atoms with Gasteiger partial charge in [-0.25, -0.2) is 4.63 Å². The molecule has 1 N–H and O–H groups in total. The van der Waals surface area contributed by atoms with Crippen LogP contribution in [0.4, 0.5) is 5.82 Å². The van der Waals surface area contributed by atoms with Crippen LogP contribution in [0, 0.1) is 0 Å². The molecule has 2 aromatic heterocycles. The predicted molar refractivity (Wildman–Crippen MR) is 103 cm³/mol. The zero-order chi connectivity index (χ0) is 20.2. The summed E-state index contributed by atoms with van der Waals surface area (Å²) in [7, 11) is 3.07. The average Bonchev–Trinajstić information content (AvgIpc) is 3.44. The topological polar surface area (TPSA) is 113 Å². The molecule has 2 aromatic carbocycles. The molecular weight excluding hydrogens is 376 g/mol. The summed E-state index contributed by atoms with van der Waals surface area (Å²) in [6.07, 6.45) is 0. The number of carbonyl (C=O) groups excluding carboxylic acids is 1. The molecule has 0 aliphatic carbocycles. The van der Waals surface area contributed by atoms with E-state index in [1.54, 1.807) is 31.4 Å². The molecule has 146 valence electrons. The average molecular weight is 392 g/mol. The first-order valence-corrected chi connectivity index (χ1v) is 8.58. The number of aromatic nitrogens is 3. The number of methoxy groups -OCH3 is 2. The quantitative estimate of drug-likeness (QED) is 0.529. The van der Waals surface area contributed by atoms with Crippen LogP contribution in [0.5, 0.6) is 11.5 Å². The van der Waals surface area contributed by atoms with Crippen molar-refractivity contribution in [2.45, 2.75) is 0 Å². The molecule has 1 amide bonds. The van der Waals surface area contributed by atoms with Crippen LogP contribution in [-0.4, -0.2) is 35.6 Å². The fraction of sp³-hybridized carbons (Fsp3) is 0.100. The van der Waals surface area contributed by atoms with Crippen molar-refractivity contribution in [1.29, 1.82) is 0 Å². The smallest absolute Gasteiger partial charge is 0.279 e. The standard InChI is InChI=1S/C20H16N4O5/c1-26-15-9-8-13(10-17(15)27-2)18-19(24-29-23-18)21-20(25)14-11-16(28-22-14)12-6-4-3-5-7-12/h3-11H,1-2H3,(H,21,24,25). The summed E-state index contributed by atoms with van der Waals surface area (Å²) in [5.74, 6) is 1.19. The van der Waals surface area contributed by atoms with Gasteiger partial charge in [-0.1, -0.05) is 35.5 Å². The molecule has 0 fully saturated rings. The number of rotatable bonds is 6. The van der Waals surface area contributed by atoms with Gasteiger partial charge in [-0.15, -0.1) is 0 Å². The maximum atomic E-state index is 12.6. The van der Waals surface area contributed by atoms with E-state index >= 15 is 0 Å². The van der Waals surface area contributed by atoms with E-state index < -0.39 is 5.91 Å². The van der Waals surface area contributed by atoms with Crippen molar-refractivity contribution in [3.05, 3.63) is 60.3 Å². The van der Waals surface area contributed by atoms with E-state index in [2.05, 4.69) is 20.8 Å². The number of carbonyl (C=O) groups is 1.